The number of ether oxygens (including phenoxy) is 1. The summed E-state index contributed by atoms with van der Waals surface area (Å²) < 4.78 is 4.84. The highest BCUT2D eigenvalue weighted by molar-refractivity contribution is 5.75. The van der Waals surface area contributed by atoms with Gasteiger partial charge < -0.3 is 15.2 Å². The van der Waals surface area contributed by atoms with Gasteiger partial charge >= 0.3 is 0 Å². The van der Waals surface area contributed by atoms with Gasteiger partial charge in [0.1, 0.15) is 0 Å². The van der Waals surface area contributed by atoms with Crippen LogP contribution in [0.2, 0.25) is 0 Å². The third kappa shape index (κ3) is 9.48. The van der Waals surface area contributed by atoms with Gasteiger partial charge in [-0.1, -0.05) is 0 Å². The number of methoxy groups -OCH3 is 1. The molecule has 0 aliphatic rings. The second-order valence-corrected chi connectivity index (χ2v) is 3.44. The number of hydrogen-bond acceptors (Lipinski definition) is 3. The van der Waals surface area contributed by atoms with Crippen molar-refractivity contribution in [3.63, 3.8) is 0 Å². The largest absolute Gasteiger partial charge is 0.393 e. The zero-order valence-electron chi connectivity index (χ0n) is 9.08. The summed E-state index contributed by atoms with van der Waals surface area (Å²) in [6.45, 7) is 3.03. The molecule has 0 aliphatic carbocycles. The Morgan fingerprint density at radius 1 is 1.50 bits per heavy atom. The average Bonchev–Trinajstić information content (AvgIpc) is 2.13. The third-order valence-electron chi connectivity index (χ3n) is 1.87. The molecule has 1 unspecified atom stereocenters. The normalized spacial score (nSPS) is 12.5. The second-order valence-electron chi connectivity index (χ2n) is 3.44. The zero-order valence-corrected chi connectivity index (χ0v) is 9.08. The monoisotopic (exact) mass is 203 g/mol. The lowest BCUT2D eigenvalue weighted by molar-refractivity contribution is -0.121. The van der Waals surface area contributed by atoms with Gasteiger partial charge in [0.15, 0.2) is 0 Å². The standard InChI is InChI=1S/C10H21NO3/c1-9(12)5-3-7-11-10(13)6-4-8-14-2/h9,12H,3-8H2,1-2H3,(H,11,13). The van der Waals surface area contributed by atoms with E-state index in [9.17, 15) is 4.79 Å². The van der Waals surface area contributed by atoms with Crippen molar-refractivity contribution in [2.24, 2.45) is 0 Å². The van der Waals surface area contributed by atoms with Crippen LogP contribution in [0.1, 0.15) is 32.6 Å². The van der Waals surface area contributed by atoms with Crippen LogP contribution in [0.3, 0.4) is 0 Å². The summed E-state index contributed by atoms with van der Waals surface area (Å²) in [5.74, 6) is 0.0626. The van der Waals surface area contributed by atoms with Crippen molar-refractivity contribution in [3.8, 4) is 0 Å². The van der Waals surface area contributed by atoms with E-state index in [0.29, 0.717) is 19.6 Å². The molecule has 4 nitrogen and oxygen atoms in total. The van der Waals surface area contributed by atoms with Crippen molar-refractivity contribution in [2.45, 2.75) is 38.7 Å². The lowest BCUT2D eigenvalue weighted by Gasteiger charge is -2.06. The van der Waals surface area contributed by atoms with E-state index in [1.54, 1.807) is 14.0 Å². The molecule has 4 heteroatoms. The first kappa shape index (κ1) is 13.4. The predicted octanol–water partition coefficient (Wildman–Crippen LogP) is 0.690. The van der Waals surface area contributed by atoms with E-state index >= 15 is 0 Å². The van der Waals surface area contributed by atoms with Gasteiger partial charge in [0.05, 0.1) is 6.10 Å². The van der Waals surface area contributed by atoms with Gasteiger partial charge in [0.25, 0.3) is 0 Å². The number of aliphatic hydroxyl groups excluding tert-OH is 1. The maximum absolute atomic E-state index is 11.1. The van der Waals surface area contributed by atoms with E-state index in [1.807, 2.05) is 0 Å². The number of carbonyl (C=O) groups is 1. The van der Waals surface area contributed by atoms with Gasteiger partial charge in [-0.25, -0.2) is 0 Å². The fourth-order valence-corrected chi connectivity index (χ4v) is 1.09. The predicted molar refractivity (Wildman–Crippen MR) is 55.0 cm³/mol. The first-order valence-electron chi connectivity index (χ1n) is 5.10. The fraction of sp³-hybridized carbons (Fsp3) is 0.900. The summed E-state index contributed by atoms with van der Waals surface area (Å²) in [6, 6.07) is 0. The van der Waals surface area contributed by atoms with Crippen molar-refractivity contribution < 1.29 is 14.6 Å². The molecule has 0 radical (unpaired) electrons. The number of aliphatic hydroxyl groups is 1. The van der Waals surface area contributed by atoms with Crippen LogP contribution in [0.4, 0.5) is 0 Å². The summed E-state index contributed by atoms with van der Waals surface area (Å²) in [5, 5.41) is 11.8. The molecule has 2 N–H and O–H groups in total. The summed E-state index contributed by atoms with van der Waals surface area (Å²) in [4.78, 5) is 11.1. The topological polar surface area (TPSA) is 58.6 Å². The lowest BCUT2D eigenvalue weighted by Crippen LogP contribution is -2.25. The van der Waals surface area contributed by atoms with Gasteiger partial charge in [-0.3, -0.25) is 4.79 Å². The number of hydrogen-bond donors (Lipinski definition) is 2. The quantitative estimate of drug-likeness (QED) is 0.571. The van der Waals surface area contributed by atoms with Crippen LogP contribution < -0.4 is 5.32 Å². The highest BCUT2D eigenvalue weighted by Gasteiger charge is 2.00. The van der Waals surface area contributed by atoms with Crippen LogP contribution in [0, 0.1) is 0 Å². The third-order valence-corrected chi connectivity index (χ3v) is 1.87. The Morgan fingerprint density at radius 3 is 2.79 bits per heavy atom. The number of nitrogens with one attached hydrogen (secondary N) is 1. The van der Waals surface area contributed by atoms with Gasteiger partial charge in [-0.15, -0.1) is 0 Å². The molecule has 0 aliphatic heterocycles. The molecule has 14 heavy (non-hydrogen) atoms. The first-order chi connectivity index (χ1) is 6.66. The molecule has 0 heterocycles. The van der Waals surface area contributed by atoms with Crippen LogP contribution in [-0.2, 0) is 9.53 Å². The van der Waals surface area contributed by atoms with Gasteiger partial charge in [-0.05, 0) is 26.2 Å². The molecular weight excluding hydrogens is 182 g/mol. The van der Waals surface area contributed by atoms with E-state index in [-0.39, 0.29) is 12.0 Å². The van der Waals surface area contributed by atoms with Crippen molar-refractivity contribution in [1.29, 1.82) is 0 Å². The molecule has 0 fully saturated rings. The van der Waals surface area contributed by atoms with Crippen molar-refractivity contribution >= 4 is 5.91 Å². The van der Waals surface area contributed by atoms with Crippen LogP contribution in [0.15, 0.2) is 0 Å². The average molecular weight is 203 g/mol. The lowest BCUT2D eigenvalue weighted by atomic mass is 10.2. The highest BCUT2D eigenvalue weighted by atomic mass is 16.5. The van der Waals surface area contributed by atoms with Gasteiger partial charge in [-0.2, -0.15) is 0 Å². The first-order valence-corrected chi connectivity index (χ1v) is 5.10. The molecule has 0 bridgehead atoms. The second kappa shape index (κ2) is 8.97. The number of amides is 1. The van der Waals surface area contributed by atoms with Gasteiger partial charge in [0.2, 0.25) is 5.91 Å². The van der Waals surface area contributed by atoms with E-state index in [1.165, 1.54) is 0 Å². The molecule has 1 atom stereocenters. The number of carbonyl (C=O) groups excluding carboxylic acids is 1. The summed E-state index contributed by atoms with van der Waals surface area (Å²) in [6.07, 6.45) is 2.56. The van der Waals surface area contributed by atoms with Crippen molar-refractivity contribution in [1.82, 2.24) is 5.32 Å². The molecule has 0 aromatic carbocycles. The molecule has 0 rings (SSSR count). The molecule has 0 spiro atoms. The Labute approximate surface area is 85.6 Å². The Morgan fingerprint density at radius 2 is 2.21 bits per heavy atom. The molecule has 84 valence electrons. The van der Waals surface area contributed by atoms with Crippen LogP contribution in [0.5, 0.6) is 0 Å². The Balaban J connectivity index is 3.18. The zero-order chi connectivity index (χ0) is 10.8. The molecule has 0 aromatic heterocycles. The summed E-state index contributed by atoms with van der Waals surface area (Å²) >= 11 is 0. The molecular formula is C10H21NO3. The minimum Gasteiger partial charge on any atom is -0.393 e. The minimum absolute atomic E-state index is 0.0626. The Kier molecular flexibility index (Phi) is 8.57. The van der Waals surface area contributed by atoms with E-state index in [0.717, 1.165) is 19.3 Å². The molecule has 0 saturated heterocycles. The Bertz CT molecular complexity index is 148. The van der Waals surface area contributed by atoms with Gasteiger partial charge in [0, 0.05) is 26.7 Å². The highest BCUT2D eigenvalue weighted by Crippen LogP contribution is 1.94. The smallest absolute Gasteiger partial charge is 0.220 e. The SMILES string of the molecule is COCCCC(=O)NCCCC(C)O. The van der Waals surface area contributed by atoms with Crippen LogP contribution in [-0.4, -0.2) is 37.4 Å². The van der Waals surface area contributed by atoms with E-state index < -0.39 is 0 Å². The fourth-order valence-electron chi connectivity index (χ4n) is 1.09. The van der Waals surface area contributed by atoms with Crippen LogP contribution in [0.25, 0.3) is 0 Å². The van der Waals surface area contributed by atoms with Crippen molar-refractivity contribution in [3.05, 3.63) is 0 Å². The molecule has 0 saturated carbocycles. The van der Waals surface area contributed by atoms with Crippen molar-refractivity contribution in [2.75, 3.05) is 20.3 Å². The minimum atomic E-state index is -0.277. The molecule has 1 amide bonds. The van der Waals surface area contributed by atoms with Crippen LogP contribution >= 0.6 is 0 Å². The van der Waals surface area contributed by atoms with E-state index in [2.05, 4.69) is 5.32 Å². The maximum Gasteiger partial charge on any atom is 0.220 e. The van der Waals surface area contributed by atoms with E-state index in [4.69, 9.17) is 9.84 Å². The summed E-state index contributed by atoms with van der Waals surface area (Å²) in [5.41, 5.74) is 0. The molecule has 0 aromatic rings. The Hall–Kier alpha value is -0.610. The maximum atomic E-state index is 11.1. The number of rotatable bonds is 8. The summed E-state index contributed by atoms with van der Waals surface area (Å²) in [7, 11) is 1.63.